The van der Waals surface area contributed by atoms with Gasteiger partial charge in [-0.1, -0.05) is 36.4 Å². The van der Waals surface area contributed by atoms with Crippen LogP contribution in [0.1, 0.15) is 9.67 Å². The number of rotatable bonds is 4. The molecule has 0 aliphatic carbocycles. The average Bonchev–Trinajstić information content (AvgIpc) is 3.06. The number of para-hydroxylation sites is 2. The Morgan fingerprint density at radius 2 is 1.41 bits per heavy atom. The number of nitrogens with zero attached hydrogens (tertiary/aromatic N) is 1. The highest BCUT2D eigenvalue weighted by atomic mass is 32.1. The number of hydrogen-bond donors (Lipinski definition) is 0. The number of benzene rings is 2. The summed E-state index contributed by atoms with van der Waals surface area (Å²) in [7, 11) is 1.40. The van der Waals surface area contributed by atoms with Crippen LogP contribution in [0.2, 0.25) is 0 Å². The summed E-state index contributed by atoms with van der Waals surface area (Å²) in [6.45, 7) is 0. The van der Waals surface area contributed by atoms with Crippen molar-refractivity contribution < 1.29 is 9.53 Å². The molecule has 3 rings (SSSR count). The van der Waals surface area contributed by atoms with Gasteiger partial charge in [0.2, 0.25) is 0 Å². The Bertz CT molecular complexity index is 714. The molecule has 0 bridgehead atoms. The first-order chi connectivity index (χ1) is 10.8. The van der Waals surface area contributed by atoms with E-state index in [1.54, 1.807) is 6.07 Å². The maximum atomic E-state index is 11.7. The number of ether oxygens (including phenoxy) is 1. The van der Waals surface area contributed by atoms with Crippen LogP contribution in [-0.2, 0) is 4.74 Å². The molecule has 2 aromatic carbocycles. The maximum absolute atomic E-state index is 11.7. The van der Waals surface area contributed by atoms with Crippen molar-refractivity contribution in [1.29, 1.82) is 0 Å². The molecule has 0 atom stereocenters. The van der Waals surface area contributed by atoms with Crippen LogP contribution in [-0.4, -0.2) is 13.1 Å². The lowest BCUT2D eigenvalue weighted by Gasteiger charge is -2.23. The number of anilines is 3. The Kier molecular flexibility index (Phi) is 4.21. The molecule has 0 spiro atoms. The Morgan fingerprint density at radius 1 is 0.864 bits per heavy atom. The van der Waals surface area contributed by atoms with E-state index in [4.69, 9.17) is 4.74 Å². The number of thiophene rings is 1. The summed E-state index contributed by atoms with van der Waals surface area (Å²) in [6.07, 6.45) is 0. The van der Waals surface area contributed by atoms with Crippen molar-refractivity contribution in [1.82, 2.24) is 0 Å². The van der Waals surface area contributed by atoms with E-state index >= 15 is 0 Å². The second kappa shape index (κ2) is 6.45. The van der Waals surface area contributed by atoms with Gasteiger partial charge >= 0.3 is 5.97 Å². The SMILES string of the molecule is COC(=O)c1ccc(N(c2ccccc2)c2ccccc2)s1. The predicted molar refractivity (Wildman–Crippen MR) is 90.3 cm³/mol. The van der Waals surface area contributed by atoms with Gasteiger partial charge in [-0.25, -0.2) is 4.79 Å². The van der Waals surface area contributed by atoms with E-state index in [2.05, 4.69) is 4.90 Å². The summed E-state index contributed by atoms with van der Waals surface area (Å²) in [5.74, 6) is -0.308. The molecular formula is C18H15NO2S. The zero-order chi connectivity index (χ0) is 15.4. The largest absolute Gasteiger partial charge is 0.465 e. The molecule has 22 heavy (non-hydrogen) atoms. The van der Waals surface area contributed by atoms with E-state index in [0.29, 0.717) is 4.88 Å². The standard InChI is InChI=1S/C18H15NO2S/c1-21-18(20)16-12-13-17(22-16)19(14-8-4-2-5-9-14)15-10-6-3-7-11-15/h2-13H,1H3. The van der Waals surface area contributed by atoms with Crippen LogP contribution in [0.15, 0.2) is 72.8 Å². The van der Waals surface area contributed by atoms with Gasteiger partial charge in [0.25, 0.3) is 0 Å². The Labute approximate surface area is 133 Å². The summed E-state index contributed by atoms with van der Waals surface area (Å²) in [5.41, 5.74) is 2.10. The van der Waals surface area contributed by atoms with Gasteiger partial charge in [-0.2, -0.15) is 0 Å². The molecule has 0 aliphatic heterocycles. The maximum Gasteiger partial charge on any atom is 0.348 e. The van der Waals surface area contributed by atoms with Crippen molar-refractivity contribution in [2.75, 3.05) is 12.0 Å². The molecule has 3 aromatic rings. The van der Waals surface area contributed by atoms with Gasteiger partial charge in [0, 0.05) is 11.4 Å². The van der Waals surface area contributed by atoms with Crippen LogP contribution in [0.5, 0.6) is 0 Å². The third-order valence-corrected chi connectivity index (χ3v) is 4.28. The topological polar surface area (TPSA) is 29.5 Å². The Balaban J connectivity index is 2.06. The highest BCUT2D eigenvalue weighted by Gasteiger charge is 2.16. The van der Waals surface area contributed by atoms with Gasteiger partial charge < -0.3 is 9.64 Å². The van der Waals surface area contributed by atoms with Crippen LogP contribution in [0.25, 0.3) is 0 Å². The lowest BCUT2D eigenvalue weighted by atomic mass is 10.2. The number of carbonyl (C=O) groups is 1. The number of methoxy groups -OCH3 is 1. The van der Waals surface area contributed by atoms with Crippen LogP contribution in [0.3, 0.4) is 0 Å². The molecule has 1 aromatic heterocycles. The summed E-state index contributed by atoms with van der Waals surface area (Å²) in [5, 5.41) is 0.970. The first kappa shape index (κ1) is 14.4. The minimum absolute atomic E-state index is 0.308. The highest BCUT2D eigenvalue weighted by Crippen LogP contribution is 2.38. The van der Waals surface area contributed by atoms with Gasteiger partial charge in [-0.15, -0.1) is 11.3 Å². The van der Waals surface area contributed by atoms with Crippen molar-refractivity contribution in [3.05, 3.63) is 77.7 Å². The van der Waals surface area contributed by atoms with Crippen molar-refractivity contribution in [2.24, 2.45) is 0 Å². The second-order valence-electron chi connectivity index (χ2n) is 4.64. The Hall–Kier alpha value is -2.59. The van der Waals surface area contributed by atoms with Crippen LogP contribution >= 0.6 is 11.3 Å². The third kappa shape index (κ3) is 2.87. The van der Waals surface area contributed by atoms with Crippen LogP contribution in [0, 0.1) is 0 Å². The van der Waals surface area contributed by atoms with Gasteiger partial charge in [0.15, 0.2) is 0 Å². The first-order valence-corrected chi connectivity index (χ1v) is 7.69. The van der Waals surface area contributed by atoms with Crippen LogP contribution < -0.4 is 4.90 Å². The van der Waals surface area contributed by atoms with Gasteiger partial charge in [-0.05, 0) is 36.4 Å². The first-order valence-electron chi connectivity index (χ1n) is 6.88. The zero-order valence-corrected chi connectivity index (χ0v) is 12.9. The van der Waals surface area contributed by atoms with E-state index in [0.717, 1.165) is 16.4 Å². The fourth-order valence-electron chi connectivity index (χ4n) is 2.22. The lowest BCUT2D eigenvalue weighted by molar-refractivity contribution is 0.0606. The molecule has 0 amide bonds. The van der Waals surface area contributed by atoms with Gasteiger partial charge in [0.05, 0.1) is 7.11 Å². The quantitative estimate of drug-likeness (QED) is 0.635. The zero-order valence-electron chi connectivity index (χ0n) is 12.1. The average molecular weight is 309 g/mol. The number of hydrogen-bond acceptors (Lipinski definition) is 4. The third-order valence-electron chi connectivity index (χ3n) is 3.23. The summed E-state index contributed by atoms with van der Waals surface area (Å²) in [4.78, 5) is 14.4. The fraction of sp³-hybridized carbons (Fsp3) is 0.0556. The van der Waals surface area contributed by atoms with E-state index in [-0.39, 0.29) is 5.97 Å². The van der Waals surface area contributed by atoms with Gasteiger partial charge in [-0.3, -0.25) is 0 Å². The van der Waals surface area contributed by atoms with Crippen molar-refractivity contribution in [3.8, 4) is 0 Å². The van der Waals surface area contributed by atoms with E-state index in [1.807, 2.05) is 66.7 Å². The molecule has 0 saturated carbocycles. The molecule has 0 unspecified atom stereocenters. The smallest absolute Gasteiger partial charge is 0.348 e. The number of esters is 1. The normalized spacial score (nSPS) is 10.2. The lowest BCUT2D eigenvalue weighted by Crippen LogP contribution is -2.07. The summed E-state index contributed by atoms with van der Waals surface area (Å²) >= 11 is 1.41. The Morgan fingerprint density at radius 3 is 1.91 bits per heavy atom. The van der Waals surface area contributed by atoms with Crippen molar-refractivity contribution in [2.45, 2.75) is 0 Å². The summed E-state index contributed by atoms with van der Waals surface area (Å²) in [6, 6.07) is 23.9. The molecule has 0 fully saturated rings. The fourth-order valence-corrected chi connectivity index (χ4v) is 3.18. The molecule has 1 heterocycles. The van der Waals surface area contributed by atoms with Crippen LogP contribution in [0.4, 0.5) is 16.4 Å². The molecule has 110 valence electrons. The molecule has 4 heteroatoms. The second-order valence-corrected chi connectivity index (χ2v) is 5.70. The molecule has 0 saturated heterocycles. The molecular weight excluding hydrogens is 294 g/mol. The monoisotopic (exact) mass is 309 g/mol. The van der Waals surface area contributed by atoms with E-state index in [1.165, 1.54) is 18.4 Å². The molecule has 3 nitrogen and oxygen atoms in total. The predicted octanol–water partition coefficient (Wildman–Crippen LogP) is 5.00. The summed E-state index contributed by atoms with van der Waals surface area (Å²) < 4.78 is 4.79. The highest BCUT2D eigenvalue weighted by molar-refractivity contribution is 7.18. The van der Waals surface area contributed by atoms with Gasteiger partial charge in [0.1, 0.15) is 9.88 Å². The minimum Gasteiger partial charge on any atom is -0.465 e. The van der Waals surface area contributed by atoms with Crippen molar-refractivity contribution >= 4 is 33.7 Å². The molecule has 0 aliphatic rings. The molecule has 0 N–H and O–H groups in total. The minimum atomic E-state index is -0.308. The molecule has 0 radical (unpaired) electrons. The van der Waals surface area contributed by atoms with Crippen molar-refractivity contribution in [3.63, 3.8) is 0 Å². The number of carbonyl (C=O) groups excluding carboxylic acids is 1. The van der Waals surface area contributed by atoms with E-state index < -0.39 is 0 Å². The van der Waals surface area contributed by atoms with E-state index in [9.17, 15) is 4.79 Å².